The van der Waals surface area contributed by atoms with Crippen molar-refractivity contribution in [3.8, 4) is 0 Å². The van der Waals surface area contributed by atoms with Crippen LogP contribution in [0.4, 0.5) is 0 Å². The van der Waals surface area contributed by atoms with E-state index in [0.29, 0.717) is 0 Å². The van der Waals surface area contributed by atoms with Gasteiger partial charge in [0.2, 0.25) is 20.7 Å². The summed E-state index contributed by atoms with van der Waals surface area (Å²) in [4.78, 5) is 10.5. The number of aromatic carboxylic acids is 1. The lowest BCUT2D eigenvalue weighted by atomic mass is 10.5. The largest absolute Gasteiger partial charge is 0.475 e. The van der Waals surface area contributed by atoms with Gasteiger partial charge in [-0.05, 0) is 19.1 Å². The van der Waals surface area contributed by atoms with Gasteiger partial charge in [0.1, 0.15) is 0 Å². The smallest absolute Gasteiger partial charge is 0.371 e. The second-order valence-electron chi connectivity index (χ2n) is 3.25. The molecule has 0 saturated heterocycles. The minimum absolute atomic E-state index is 0.254. The van der Waals surface area contributed by atoms with Crippen LogP contribution in [-0.2, 0) is 14.6 Å². The molecule has 0 fully saturated rings. The van der Waals surface area contributed by atoms with Crippen molar-refractivity contribution < 1.29 is 27.5 Å². The molecule has 6 nitrogen and oxygen atoms in total. The van der Waals surface area contributed by atoms with Crippen LogP contribution in [0.1, 0.15) is 17.5 Å². The lowest BCUT2D eigenvalue weighted by molar-refractivity contribution is 0.0656. The van der Waals surface area contributed by atoms with Crippen molar-refractivity contribution in [2.24, 2.45) is 0 Å². The Morgan fingerprint density at radius 3 is 2.62 bits per heavy atom. The molecule has 16 heavy (non-hydrogen) atoms. The van der Waals surface area contributed by atoms with Crippen LogP contribution in [0.15, 0.2) is 21.6 Å². The van der Waals surface area contributed by atoms with Crippen LogP contribution < -0.4 is 0 Å². The molecule has 1 N–H and O–H groups in total. The van der Waals surface area contributed by atoms with Gasteiger partial charge in [-0.2, -0.15) is 0 Å². The van der Waals surface area contributed by atoms with Gasteiger partial charge in [0.15, 0.2) is 0 Å². The predicted octanol–water partition coefficient (Wildman–Crippen LogP) is 0.786. The van der Waals surface area contributed by atoms with Crippen LogP contribution in [0.3, 0.4) is 0 Å². The molecule has 1 rings (SSSR count). The van der Waals surface area contributed by atoms with Crippen molar-refractivity contribution >= 4 is 15.8 Å². The van der Waals surface area contributed by atoms with Crippen molar-refractivity contribution in [1.82, 2.24) is 0 Å². The first-order chi connectivity index (χ1) is 7.36. The number of rotatable bonds is 5. The molecule has 0 spiro atoms. The zero-order chi connectivity index (χ0) is 12.3. The van der Waals surface area contributed by atoms with E-state index in [1.54, 1.807) is 6.92 Å². The third-order valence-corrected chi connectivity index (χ3v) is 3.70. The Hall–Kier alpha value is -1.34. The number of carboxylic acids is 1. The Labute approximate surface area is 92.7 Å². The fourth-order valence-corrected chi connectivity index (χ4v) is 2.47. The van der Waals surface area contributed by atoms with Crippen LogP contribution in [0.5, 0.6) is 0 Å². The van der Waals surface area contributed by atoms with Crippen LogP contribution in [0.25, 0.3) is 0 Å². The summed E-state index contributed by atoms with van der Waals surface area (Å²) >= 11 is 0. The second-order valence-corrected chi connectivity index (χ2v) is 5.22. The van der Waals surface area contributed by atoms with E-state index < -0.39 is 27.7 Å². The quantitative estimate of drug-likeness (QED) is 0.827. The number of ether oxygens (including phenoxy) is 1. The molecular weight excluding hydrogens is 236 g/mol. The highest BCUT2D eigenvalue weighted by Crippen LogP contribution is 2.16. The molecule has 1 aromatic heterocycles. The molecule has 1 atom stereocenters. The highest BCUT2D eigenvalue weighted by atomic mass is 32.2. The average molecular weight is 248 g/mol. The van der Waals surface area contributed by atoms with E-state index in [0.717, 1.165) is 12.1 Å². The van der Waals surface area contributed by atoms with Crippen LogP contribution in [0.2, 0.25) is 0 Å². The van der Waals surface area contributed by atoms with Gasteiger partial charge in [0.25, 0.3) is 0 Å². The van der Waals surface area contributed by atoms with Gasteiger partial charge >= 0.3 is 5.97 Å². The van der Waals surface area contributed by atoms with E-state index in [-0.39, 0.29) is 10.8 Å². The van der Waals surface area contributed by atoms with E-state index in [2.05, 4.69) is 0 Å². The normalized spacial score (nSPS) is 13.6. The standard InChI is InChI=1S/C9H12O6S/c1-6(14-2)5-16(12,13)8-4-3-7(15-8)9(10)11/h3-4,6H,5H2,1-2H3,(H,10,11). The number of furan rings is 1. The van der Waals surface area contributed by atoms with E-state index in [1.165, 1.54) is 7.11 Å². The van der Waals surface area contributed by atoms with Crippen LogP contribution in [0, 0.1) is 0 Å². The van der Waals surface area contributed by atoms with Gasteiger partial charge < -0.3 is 14.3 Å². The number of carboxylic acid groups (broad SMARTS) is 1. The summed E-state index contributed by atoms with van der Waals surface area (Å²) in [5.41, 5.74) is 0. The lowest BCUT2D eigenvalue weighted by Gasteiger charge is -2.07. The maximum Gasteiger partial charge on any atom is 0.371 e. The molecule has 0 radical (unpaired) electrons. The van der Waals surface area contributed by atoms with Crippen molar-refractivity contribution in [2.45, 2.75) is 18.1 Å². The molecular formula is C9H12O6S. The number of hydrogen-bond acceptors (Lipinski definition) is 5. The average Bonchev–Trinajstić information content (AvgIpc) is 2.66. The second kappa shape index (κ2) is 4.67. The van der Waals surface area contributed by atoms with Crippen LogP contribution in [-0.4, -0.2) is 38.5 Å². The fraction of sp³-hybridized carbons (Fsp3) is 0.444. The maximum absolute atomic E-state index is 11.7. The minimum Gasteiger partial charge on any atom is -0.475 e. The number of methoxy groups -OCH3 is 1. The van der Waals surface area contributed by atoms with E-state index in [1.807, 2.05) is 0 Å². The first kappa shape index (κ1) is 12.7. The molecule has 90 valence electrons. The summed E-state index contributed by atoms with van der Waals surface area (Å²) in [5, 5.41) is 8.23. The van der Waals surface area contributed by atoms with E-state index in [9.17, 15) is 13.2 Å². The van der Waals surface area contributed by atoms with Gasteiger partial charge in [-0.3, -0.25) is 0 Å². The Morgan fingerprint density at radius 1 is 1.56 bits per heavy atom. The maximum atomic E-state index is 11.7. The molecule has 1 heterocycles. The number of sulfone groups is 1. The third kappa shape index (κ3) is 2.83. The number of hydrogen-bond donors (Lipinski definition) is 1. The fourth-order valence-electron chi connectivity index (χ4n) is 1.06. The molecule has 0 aliphatic rings. The first-order valence-corrected chi connectivity index (χ1v) is 6.10. The highest BCUT2D eigenvalue weighted by molar-refractivity contribution is 7.91. The Bertz CT molecular complexity index is 472. The van der Waals surface area contributed by atoms with Gasteiger partial charge in [0, 0.05) is 7.11 Å². The monoisotopic (exact) mass is 248 g/mol. The Kier molecular flexibility index (Phi) is 3.71. The van der Waals surface area contributed by atoms with Crippen LogP contribution >= 0.6 is 0 Å². The highest BCUT2D eigenvalue weighted by Gasteiger charge is 2.23. The van der Waals surface area contributed by atoms with Crippen molar-refractivity contribution in [1.29, 1.82) is 0 Å². The molecule has 0 saturated carbocycles. The Balaban J connectivity index is 2.94. The van der Waals surface area contributed by atoms with Gasteiger partial charge in [-0.25, -0.2) is 13.2 Å². The zero-order valence-electron chi connectivity index (χ0n) is 8.84. The SMILES string of the molecule is COC(C)CS(=O)(=O)c1ccc(C(=O)O)o1. The molecule has 0 amide bonds. The topological polar surface area (TPSA) is 93.8 Å². The van der Waals surface area contributed by atoms with Crippen molar-refractivity contribution in [3.63, 3.8) is 0 Å². The summed E-state index contributed by atoms with van der Waals surface area (Å²) in [7, 11) is -2.25. The molecule has 0 aliphatic heterocycles. The minimum atomic E-state index is -3.64. The summed E-state index contributed by atoms with van der Waals surface area (Å²) in [5.74, 6) is -1.96. The van der Waals surface area contributed by atoms with Gasteiger partial charge in [-0.1, -0.05) is 0 Å². The zero-order valence-corrected chi connectivity index (χ0v) is 9.65. The first-order valence-electron chi connectivity index (χ1n) is 4.45. The van der Waals surface area contributed by atoms with E-state index >= 15 is 0 Å². The lowest BCUT2D eigenvalue weighted by Crippen LogP contribution is -2.19. The molecule has 1 unspecified atom stereocenters. The number of carbonyl (C=O) groups is 1. The van der Waals surface area contributed by atoms with Crippen molar-refractivity contribution in [3.05, 3.63) is 17.9 Å². The Morgan fingerprint density at radius 2 is 2.19 bits per heavy atom. The van der Waals surface area contributed by atoms with Gasteiger partial charge in [0.05, 0.1) is 11.9 Å². The third-order valence-electron chi connectivity index (χ3n) is 1.96. The van der Waals surface area contributed by atoms with E-state index in [4.69, 9.17) is 14.3 Å². The summed E-state index contributed by atoms with van der Waals surface area (Å²) < 4.78 is 32.9. The summed E-state index contributed by atoms with van der Waals surface area (Å²) in [6.07, 6.45) is -0.483. The molecule has 0 bridgehead atoms. The summed E-state index contributed by atoms with van der Waals surface area (Å²) in [6, 6.07) is 2.23. The van der Waals surface area contributed by atoms with Crippen molar-refractivity contribution in [2.75, 3.05) is 12.9 Å². The molecule has 0 aliphatic carbocycles. The molecule has 7 heteroatoms. The molecule has 1 aromatic rings. The summed E-state index contributed by atoms with van der Waals surface area (Å²) in [6.45, 7) is 1.60. The van der Waals surface area contributed by atoms with Gasteiger partial charge in [-0.15, -0.1) is 0 Å². The predicted molar refractivity (Wildman–Crippen MR) is 54.2 cm³/mol. The molecule has 0 aromatic carbocycles.